The SMILES string of the molecule is CC(C)C(NS(=O)(=O)c1ccnn1C)C(N)=NO. The van der Waals surface area contributed by atoms with E-state index in [0.29, 0.717) is 0 Å². The lowest BCUT2D eigenvalue weighted by Gasteiger charge is -2.20. The first-order chi connectivity index (χ1) is 8.29. The van der Waals surface area contributed by atoms with Gasteiger partial charge < -0.3 is 10.9 Å². The van der Waals surface area contributed by atoms with Crippen molar-refractivity contribution in [2.24, 2.45) is 23.9 Å². The molecule has 1 heterocycles. The standard InChI is InChI=1S/C9H17N5O3S/c1-6(2)8(9(10)12-15)13-18(16,17)7-4-5-11-14(7)3/h4-6,8,13,15H,1-3H3,(H2,10,12). The van der Waals surface area contributed by atoms with E-state index in [2.05, 4.69) is 15.0 Å². The van der Waals surface area contributed by atoms with Crippen LogP contribution in [0.3, 0.4) is 0 Å². The van der Waals surface area contributed by atoms with E-state index in [1.165, 1.54) is 24.0 Å². The minimum Gasteiger partial charge on any atom is -0.409 e. The van der Waals surface area contributed by atoms with E-state index in [1.54, 1.807) is 13.8 Å². The van der Waals surface area contributed by atoms with Gasteiger partial charge in [-0.1, -0.05) is 19.0 Å². The predicted octanol–water partition coefficient (Wildman–Crippen LogP) is -0.531. The summed E-state index contributed by atoms with van der Waals surface area (Å²) in [5, 5.41) is 15.3. The van der Waals surface area contributed by atoms with Gasteiger partial charge in [0.1, 0.15) is 0 Å². The molecule has 0 radical (unpaired) electrons. The normalized spacial score (nSPS) is 15.0. The van der Waals surface area contributed by atoms with Gasteiger partial charge in [0.15, 0.2) is 10.9 Å². The maximum atomic E-state index is 12.1. The van der Waals surface area contributed by atoms with Gasteiger partial charge in [-0.05, 0) is 12.0 Å². The summed E-state index contributed by atoms with van der Waals surface area (Å²) in [6, 6.07) is 0.585. The van der Waals surface area contributed by atoms with Crippen LogP contribution in [0.15, 0.2) is 22.4 Å². The fraction of sp³-hybridized carbons (Fsp3) is 0.556. The molecule has 0 saturated heterocycles. The number of amidine groups is 1. The Kier molecular flexibility index (Phi) is 4.30. The molecule has 8 nitrogen and oxygen atoms in total. The lowest BCUT2D eigenvalue weighted by molar-refractivity contribution is 0.313. The predicted molar refractivity (Wildman–Crippen MR) is 65.6 cm³/mol. The fourth-order valence-corrected chi connectivity index (χ4v) is 2.94. The number of sulfonamides is 1. The summed E-state index contributed by atoms with van der Waals surface area (Å²) in [4.78, 5) is 0. The molecule has 1 aromatic heterocycles. The first kappa shape index (κ1) is 14.5. The molecular formula is C9H17N5O3S. The van der Waals surface area contributed by atoms with Crippen LogP contribution in [-0.4, -0.2) is 35.3 Å². The second-order valence-corrected chi connectivity index (χ2v) is 5.82. The zero-order valence-corrected chi connectivity index (χ0v) is 11.2. The summed E-state index contributed by atoms with van der Waals surface area (Å²) in [6.45, 7) is 3.52. The van der Waals surface area contributed by atoms with Gasteiger partial charge >= 0.3 is 0 Å². The van der Waals surface area contributed by atoms with Gasteiger partial charge in [0.25, 0.3) is 10.0 Å². The van der Waals surface area contributed by atoms with Crippen LogP contribution in [0.2, 0.25) is 0 Å². The molecule has 0 aliphatic carbocycles. The van der Waals surface area contributed by atoms with Crippen LogP contribution in [-0.2, 0) is 17.1 Å². The highest BCUT2D eigenvalue weighted by atomic mass is 32.2. The van der Waals surface area contributed by atoms with Crippen molar-refractivity contribution in [1.82, 2.24) is 14.5 Å². The number of nitrogens with zero attached hydrogens (tertiary/aromatic N) is 3. The third kappa shape index (κ3) is 2.99. The zero-order valence-electron chi connectivity index (χ0n) is 10.4. The van der Waals surface area contributed by atoms with Gasteiger partial charge in [-0.15, -0.1) is 0 Å². The molecule has 1 unspecified atom stereocenters. The Morgan fingerprint density at radius 2 is 2.22 bits per heavy atom. The number of aryl methyl sites for hydroxylation is 1. The molecule has 0 bridgehead atoms. The lowest BCUT2D eigenvalue weighted by atomic mass is 10.1. The summed E-state index contributed by atoms with van der Waals surface area (Å²) < 4.78 is 27.8. The molecule has 18 heavy (non-hydrogen) atoms. The van der Waals surface area contributed by atoms with Crippen LogP contribution in [0.4, 0.5) is 0 Å². The van der Waals surface area contributed by atoms with Crippen LogP contribution in [0.5, 0.6) is 0 Å². The van der Waals surface area contributed by atoms with E-state index < -0.39 is 16.1 Å². The molecule has 1 rings (SSSR count). The first-order valence-corrected chi connectivity index (χ1v) is 6.75. The Balaban J connectivity index is 3.05. The average Bonchev–Trinajstić information content (AvgIpc) is 2.72. The smallest absolute Gasteiger partial charge is 0.258 e. The Labute approximate surface area is 106 Å². The summed E-state index contributed by atoms with van der Waals surface area (Å²) in [6.07, 6.45) is 1.38. The van der Waals surface area contributed by atoms with E-state index in [0.717, 1.165) is 0 Å². The molecule has 0 amide bonds. The van der Waals surface area contributed by atoms with Crippen LogP contribution >= 0.6 is 0 Å². The van der Waals surface area contributed by atoms with E-state index >= 15 is 0 Å². The molecule has 1 aromatic rings. The number of nitrogens with two attached hydrogens (primary N) is 1. The zero-order chi connectivity index (χ0) is 13.9. The van der Waals surface area contributed by atoms with Crippen molar-refractivity contribution in [1.29, 1.82) is 0 Å². The van der Waals surface area contributed by atoms with Crippen molar-refractivity contribution in [3.63, 3.8) is 0 Å². The average molecular weight is 275 g/mol. The largest absolute Gasteiger partial charge is 0.409 e. The van der Waals surface area contributed by atoms with Crippen LogP contribution in [0, 0.1) is 5.92 Å². The monoisotopic (exact) mass is 275 g/mol. The van der Waals surface area contributed by atoms with Crippen LogP contribution in [0.25, 0.3) is 0 Å². The van der Waals surface area contributed by atoms with Gasteiger partial charge in [-0.2, -0.15) is 9.82 Å². The van der Waals surface area contributed by atoms with Gasteiger partial charge in [0.05, 0.1) is 12.2 Å². The molecule has 0 aliphatic heterocycles. The number of hydrogen-bond acceptors (Lipinski definition) is 5. The van der Waals surface area contributed by atoms with Crippen molar-refractivity contribution in [2.45, 2.75) is 24.9 Å². The molecule has 4 N–H and O–H groups in total. The molecular weight excluding hydrogens is 258 g/mol. The fourth-order valence-electron chi connectivity index (χ4n) is 1.45. The van der Waals surface area contributed by atoms with Crippen LogP contribution < -0.4 is 10.5 Å². The van der Waals surface area contributed by atoms with Crippen molar-refractivity contribution in [3.8, 4) is 0 Å². The number of hydrogen-bond donors (Lipinski definition) is 3. The second kappa shape index (κ2) is 5.36. The Hall–Kier alpha value is -1.61. The minimum atomic E-state index is -3.77. The molecule has 102 valence electrons. The number of aromatic nitrogens is 2. The molecule has 0 aliphatic rings. The maximum Gasteiger partial charge on any atom is 0.258 e. The third-order valence-electron chi connectivity index (χ3n) is 2.43. The third-order valence-corrected chi connectivity index (χ3v) is 3.95. The summed E-state index contributed by atoms with van der Waals surface area (Å²) >= 11 is 0. The number of nitrogens with one attached hydrogen (secondary N) is 1. The van der Waals surface area contributed by atoms with Crippen molar-refractivity contribution < 1.29 is 13.6 Å². The van der Waals surface area contributed by atoms with E-state index in [9.17, 15) is 8.42 Å². The number of oxime groups is 1. The topological polar surface area (TPSA) is 123 Å². The van der Waals surface area contributed by atoms with Gasteiger partial charge in [-0.25, -0.2) is 8.42 Å². The summed E-state index contributed by atoms with van der Waals surface area (Å²) in [5.41, 5.74) is 5.47. The van der Waals surface area contributed by atoms with E-state index in [-0.39, 0.29) is 16.8 Å². The van der Waals surface area contributed by atoms with Crippen molar-refractivity contribution >= 4 is 15.9 Å². The molecule has 9 heteroatoms. The highest BCUT2D eigenvalue weighted by molar-refractivity contribution is 7.89. The lowest BCUT2D eigenvalue weighted by Crippen LogP contribution is -2.48. The molecule has 0 aromatic carbocycles. The Morgan fingerprint density at radius 3 is 2.61 bits per heavy atom. The van der Waals surface area contributed by atoms with E-state index in [1.807, 2.05) is 0 Å². The van der Waals surface area contributed by atoms with Gasteiger partial charge in [0.2, 0.25) is 0 Å². The Bertz CT molecular complexity index is 534. The molecule has 0 saturated carbocycles. The van der Waals surface area contributed by atoms with E-state index in [4.69, 9.17) is 10.9 Å². The Morgan fingerprint density at radius 1 is 1.61 bits per heavy atom. The first-order valence-electron chi connectivity index (χ1n) is 5.27. The maximum absolute atomic E-state index is 12.1. The molecule has 0 fully saturated rings. The van der Waals surface area contributed by atoms with Gasteiger partial charge in [0, 0.05) is 7.05 Å². The summed E-state index contributed by atoms with van der Waals surface area (Å²) in [5.74, 6) is -0.348. The number of rotatable bonds is 5. The minimum absolute atomic E-state index is 0.0129. The molecule has 0 spiro atoms. The van der Waals surface area contributed by atoms with Crippen molar-refractivity contribution in [2.75, 3.05) is 0 Å². The highest BCUT2D eigenvalue weighted by Gasteiger charge is 2.27. The highest BCUT2D eigenvalue weighted by Crippen LogP contribution is 2.10. The van der Waals surface area contributed by atoms with Crippen molar-refractivity contribution in [3.05, 3.63) is 12.3 Å². The van der Waals surface area contributed by atoms with Gasteiger partial charge in [-0.3, -0.25) is 4.68 Å². The summed E-state index contributed by atoms with van der Waals surface area (Å²) in [7, 11) is -2.25. The molecule has 1 atom stereocenters. The van der Waals surface area contributed by atoms with Crippen LogP contribution in [0.1, 0.15) is 13.8 Å². The quantitative estimate of drug-likeness (QED) is 0.288. The second-order valence-electron chi connectivity index (χ2n) is 4.16.